The van der Waals surface area contributed by atoms with Crippen LogP contribution in [-0.2, 0) is 29.5 Å². The van der Waals surface area contributed by atoms with Gasteiger partial charge in [-0.05, 0) is 57.4 Å². The Bertz CT molecular complexity index is 956. The van der Waals surface area contributed by atoms with Crippen LogP contribution in [0.4, 0.5) is 0 Å². The first-order valence-electron chi connectivity index (χ1n) is 13.4. The number of fused-ring (bicyclic) bond motifs is 1. The molecule has 2 aliphatic heterocycles. The van der Waals surface area contributed by atoms with E-state index in [9.17, 15) is 4.79 Å². The average Bonchev–Trinajstić information content (AvgIpc) is 3.05. The average molecular weight is 465 g/mol. The number of amides is 1. The second-order valence-electron chi connectivity index (χ2n) is 10.4. The molecule has 1 atom stereocenters. The van der Waals surface area contributed by atoms with Crippen LogP contribution in [-0.4, -0.2) is 59.5 Å². The fourth-order valence-electron chi connectivity index (χ4n) is 6.18. The molecule has 1 N–H and O–H groups in total. The van der Waals surface area contributed by atoms with Gasteiger partial charge in [-0.2, -0.15) is 5.10 Å². The van der Waals surface area contributed by atoms with Gasteiger partial charge in [-0.25, -0.2) is 0 Å². The summed E-state index contributed by atoms with van der Waals surface area (Å²) in [6, 6.07) is 11.3. The highest BCUT2D eigenvalue weighted by Crippen LogP contribution is 2.35. The summed E-state index contributed by atoms with van der Waals surface area (Å²) < 4.78 is 7.81. The van der Waals surface area contributed by atoms with Crippen LogP contribution in [0, 0.1) is 0 Å². The first kappa shape index (κ1) is 23.6. The largest absolute Gasteiger partial charge is 0.381 e. The Morgan fingerprint density at radius 1 is 1.12 bits per heavy atom. The molecular weight excluding hydrogens is 424 g/mol. The zero-order valence-electron chi connectivity index (χ0n) is 20.7. The van der Waals surface area contributed by atoms with Crippen LogP contribution in [0.5, 0.6) is 0 Å². The Balaban J connectivity index is 1.33. The number of nitrogens with zero attached hydrogens (tertiary/aromatic N) is 3. The van der Waals surface area contributed by atoms with Crippen molar-refractivity contribution in [2.75, 3.05) is 32.8 Å². The monoisotopic (exact) mass is 464 g/mol. The number of aromatic nitrogens is 2. The van der Waals surface area contributed by atoms with Gasteiger partial charge in [0.05, 0.1) is 0 Å². The molecule has 5 rings (SSSR count). The Kier molecular flexibility index (Phi) is 7.35. The van der Waals surface area contributed by atoms with Crippen molar-refractivity contribution in [3.63, 3.8) is 0 Å². The van der Waals surface area contributed by atoms with Crippen molar-refractivity contribution < 1.29 is 9.53 Å². The summed E-state index contributed by atoms with van der Waals surface area (Å²) in [5.74, 6) is 0.149. The van der Waals surface area contributed by atoms with E-state index in [0.29, 0.717) is 11.7 Å². The van der Waals surface area contributed by atoms with E-state index < -0.39 is 0 Å². The SMILES string of the molecule is CCn1nc(C(=O)N2CCCCCC2)c2c1CCC(NCC1(c3ccccc3)CCOCC1)C2. The minimum absolute atomic E-state index is 0.123. The van der Waals surface area contributed by atoms with Crippen molar-refractivity contribution >= 4 is 5.91 Å². The highest BCUT2D eigenvalue weighted by molar-refractivity contribution is 5.94. The van der Waals surface area contributed by atoms with Crippen molar-refractivity contribution in [3.05, 3.63) is 52.8 Å². The van der Waals surface area contributed by atoms with E-state index in [0.717, 1.165) is 84.3 Å². The first-order valence-corrected chi connectivity index (χ1v) is 13.4. The van der Waals surface area contributed by atoms with E-state index in [1.807, 2.05) is 0 Å². The van der Waals surface area contributed by atoms with Gasteiger partial charge < -0.3 is 15.0 Å². The Labute approximate surface area is 204 Å². The number of benzene rings is 1. The van der Waals surface area contributed by atoms with Gasteiger partial charge in [0.25, 0.3) is 5.91 Å². The lowest BCUT2D eigenvalue weighted by Gasteiger charge is -2.39. The van der Waals surface area contributed by atoms with Crippen LogP contribution in [0.3, 0.4) is 0 Å². The molecule has 3 heterocycles. The van der Waals surface area contributed by atoms with Gasteiger partial charge >= 0.3 is 0 Å². The lowest BCUT2D eigenvalue weighted by Crippen LogP contribution is -2.47. The van der Waals surface area contributed by atoms with Crippen LogP contribution in [0.2, 0.25) is 0 Å². The minimum Gasteiger partial charge on any atom is -0.381 e. The predicted molar refractivity (Wildman–Crippen MR) is 134 cm³/mol. The molecule has 184 valence electrons. The lowest BCUT2D eigenvalue weighted by molar-refractivity contribution is 0.0486. The third-order valence-electron chi connectivity index (χ3n) is 8.31. The molecule has 3 aliphatic rings. The molecule has 1 amide bonds. The van der Waals surface area contributed by atoms with E-state index in [2.05, 4.69) is 52.2 Å². The fourth-order valence-corrected chi connectivity index (χ4v) is 6.18. The summed E-state index contributed by atoms with van der Waals surface area (Å²) in [6.07, 6.45) is 9.75. The van der Waals surface area contributed by atoms with Crippen molar-refractivity contribution in [2.45, 2.75) is 82.7 Å². The molecule has 1 aliphatic carbocycles. The van der Waals surface area contributed by atoms with Gasteiger partial charge in [-0.15, -0.1) is 0 Å². The molecule has 0 bridgehead atoms. The zero-order valence-corrected chi connectivity index (χ0v) is 20.7. The van der Waals surface area contributed by atoms with Crippen molar-refractivity contribution in [1.82, 2.24) is 20.0 Å². The van der Waals surface area contributed by atoms with Gasteiger partial charge in [0.2, 0.25) is 0 Å². The summed E-state index contributed by atoms with van der Waals surface area (Å²) in [5, 5.41) is 8.78. The normalized spacial score (nSPS) is 22.7. The maximum absolute atomic E-state index is 13.5. The molecule has 6 heteroatoms. The van der Waals surface area contributed by atoms with Crippen LogP contribution in [0.15, 0.2) is 30.3 Å². The van der Waals surface area contributed by atoms with Gasteiger partial charge in [-0.1, -0.05) is 43.2 Å². The van der Waals surface area contributed by atoms with E-state index in [1.54, 1.807) is 0 Å². The van der Waals surface area contributed by atoms with Crippen LogP contribution >= 0.6 is 0 Å². The van der Waals surface area contributed by atoms with Crippen LogP contribution in [0.1, 0.15) is 79.2 Å². The number of hydrogen-bond donors (Lipinski definition) is 1. The highest BCUT2D eigenvalue weighted by Gasteiger charge is 2.36. The lowest BCUT2D eigenvalue weighted by atomic mass is 9.73. The van der Waals surface area contributed by atoms with Gasteiger partial charge in [-0.3, -0.25) is 9.48 Å². The van der Waals surface area contributed by atoms with E-state index in [1.165, 1.54) is 29.7 Å². The van der Waals surface area contributed by atoms with Gasteiger partial charge in [0.1, 0.15) is 0 Å². The number of likely N-dealkylation sites (tertiary alicyclic amines) is 1. The van der Waals surface area contributed by atoms with Crippen molar-refractivity contribution in [3.8, 4) is 0 Å². The first-order chi connectivity index (χ1) is 16.7. The van der Waals surface area contributed by atoms with E-state index in [-0.39, 0.29) is 11.3 Å². The summed E-state index contributed by atoms with van der Waals surface area (Å²) >= 11 is 0. The molecule has 1 unspecified atom stereocenters. The molecule has 1 aromatic carbocycles. The Morgan fingerprint density at radius 2 is 1.85 bits per heavy atom. The number of carbonyl (C=O) groups excluding carboxylic acids is 1. The molecule has 6 nitrogen and oxygen atoms in total. The summed E-state index contributed by atoms with van der Waals surface area (Å²) in [6.45, 7) is 7.30. The van der Waals surface area contributed by atoms with Crippen molar-refractivity contribution in [1.29, 1.82) is 0 Å². The molecule has 34 heavy (non-hydrogen) atoms. The van der Waals surface area contributed by atoms with Crippen LogP contribution in [0.25, 0.3) is 0 Å². The van der Waals surface area contributed by atoms with E-state index in [4.69, 9.17) is 9.84 Å². The molecule has 2 fully saturated rings. The Morgan fingerprint density at radius 3 is 2.56 bits per heavy atom. The van der Waals surface area contributed by atoms with Crippen molar-refractivity contribution in [2.24, 2.45) is 0 Å². The molecular formula is C28H40N4O2. The second-order valence-corrected chi connectivity index (χ2v) is 10.4. The number of hydrogen-bond acceptors (Lipinski definition) is 4. The maximum Gasteiger partial charge on any atom is 0.274 e. The topological polar surface area (TPSA) is 59.4 Å². The third-order valence-corrected chi connectivity index (χ3v) is 8.31. The molecule has 0 radical (unpaired) electrons. The number of nitrogens with one attached hydrogen (secondary N) is 1. The van der Waals surface area contributed by atoms with Gasteiger partial charge in [0, 0.05) is 62.1 Å². The summed E-state index contributed by atoms with van der Waals surface area (Å²) in [4.78, 5) is 15.6. The summed E-state index contributed by atoms with van der Waals surface area (Å²) in [7, 11) is 0. The zero-order chi connectivity index (χ0) is 23.4. The quantitative estimate of drug-likeness (QED) is 0.699. The van der Waals surface area contributed by atoms with Gasteiger partial charge in [0.15, 0.2) is 5.69 Å². The molecule has 1 aromatic heterocycles. The molecule has 0 spiro atoms. The Hall–Kier alpha value is -2.18. The molecule has 2 saturated heterocycles. The van der Waals surface area contributed by atoms with E-state index >= 15 is 0 Å². The summed E-state index contributed by atoms with van der Waals surface area (Å²) in [5.41, 5.74) is 4.73. The standard InChI is InChI=1S/C28H40N4O2/c1-2-32-25-13-12-23(20-24(25)26(30-32)27(33)31-16-8-3-4-9-17-31)29-21-28(14-18-34-19-15-28)22-10-6-5-7-11-22/h5-7,10-11,23,29H,2-4,8-9,12-21H2,1H3. The molecule has 2 aromatic rings. The number of aryl methyl sites for hydroxylation is 1. The van der Waals surface area contributed by atoms with Crippen LogP contribution < -0.4 is 5.32 Å². The number of rotatable bonds is 6. The smallest absolute Gasteiger partial charge is 0.274 e. The minimum atomic E-state index is 0.123. The maximum atomic E-state index is 13.5. The fraction of sp³-hybridized carbons (Fsp3) is 0.643. The second kappa shape index (κ2) is 10.6. The number of ether oxygens (including phenoxy) is 1. The third kappa shape index (κ3) is 4.80. The predicted octanol–water partition coefficient (Wildman–Crippen LogP) is 4.11. The number of carbonyl (C=O) groups is 1. The highest BCUT2D eigenvalue weighted by atomic mass is 16.5. The molecule has 0 saturated carbocycles.